The van der Waals surface area contributed by atoms with E-state index in [0.29, 0.717) is 13.0 Å². The van der Waals surface area contributed by atoms with E-state index in [1.54, 1.807) is 12.1 Å². The summed E-state index contributed by atoms with van der Waals surface area (Å²) < 4.78 is 12.5. The Labute approximate surface area is 81.6 Å². The van der Waals surface area contributed by atoms with Gasteiger partial charge in [-0.05, 0) is 24.1 Å². The number of hydrogen-bond donors (Lipinski definition) is 2. The number of nitrogens with one attached hydrogen (secondary N) is 1. The second kappa shape index (κ2) is 5.34. The second-order valence-electron chi connectivity index (χ2n) is 2.88. The Morgan fingerprint density at radius 3 is 2.57 bits per heavy atom. The summed E-state index contributed by atoms with van der Waals surface area (Å²) in [5.74, 6) is -0.666. The SMILES string of the molecule is O=C(CO)NCCc1ccc(F)cc1. The summed E-state index contributed by atoms with van der Waals surface area (Å²) >= 11 is 0. The lowest BCUT2D eigenvalue weighted by atomic mass is 10.1. The predicted molar refractivity (Wildman–Crippen MR) is 50.2 cm³/mol. The molecule has 0 fully saturated rings. The zero-order valence-electron chi connectivity index (χ0n) is 7.66. The van der Waals surface area contributed by atoms with Crippen molar-refractivity contribution < 1.29 is 14.3 Å². The number of aliphatic hydroxyl groups is 1. The van der Waals surface area contributed by atoms with Crippen molar-refractivity contribution in [1.29, 1.82) is 0 Å². The van der Waals surface area contributed by atoms with Gasteiger partial charge in [0.1, 0.15) is 12.4 Å². The molecule has 0 aliphatic carbocycles. The first kappa shape index (κ1) is 10.7. The van der Waals surface area contributed by atoms with Gasteiger partial charge in [-0.2, -0.15) is 0 Å². The summed E-state index contributed by atoms with van der Waals surface area (Å²) in [6.45, 7) is -0.0472. The minimum atomic E-state index is -0.497. The molecule has 3 nitrogen and oxygen atoms in total. The molecule has 2 N–H and O–H groups in total. The number of hydrogen-bond acceptors (Lipinski definition) is 2. The Hall–Kier alpha value is -1.42. The molecule has 0 bridgehead atoms. The molecule has 0 spiro atoms. The molecule has 14 heavy (non-hydrogen) atoms. The van der Waals surface area contributed by atoms with Crippen molar-refractivity contribution in [3.05, 3.63) is 35.6 Å². The van der Waals surface area contributed by atoms with Gasteiger partial charge in [-0.15, -0.1) is 0 Å². The monoisotopic (exact) mass is 197 g/mol. The van der Waals surface area contributed by atoms with Crippen LogP contribution in [0.2, 0.25) is 0 Å². The summed E-state index contributed by atoms with van der Waals surface area (Å²) in [6, 6.07) is 6.09. The fraction of sp³-hybridized carbons (Fsp3) is 0.300. The van der Waals surface area contributed by atoms with Crippen LogP contribution in [0.25, 0.3) is 0 Å². The lowest BCUT2D eigenvalue weighted by Crippen LogP contribution is -2.28. The summed E-state index contributed by atoms with van der Waals surface area (Å²) in [5.41, 5.74) is 0.949. The van der Waals surface area contributed by atoms with E-state index in [0.717, 1.165) is 5.56 Å². The van der Waals surface area contributed by atoms with E-state index in [-0.39, 0.29) is 5.82 Å². The van der Waals surface area contributed by atoms with E-state index >= 15 is 0 Å². The van der Waals surface area contributed by atoms with E-state index in [4.69, 9.17) is 5.11 Å². The highest BCUT2D eigenvalue weighted by Gasteiger charge is 1.97. The molecule has 0 unspecified atom stereocenters. The van der Waals surface area contributed by atoms with Crippen LogP contribution in [0.15, 0.2) is 24.3 Å². The third kappa shape index (κ3) is 3.53. The van der Waals surface area contributed by atoms with Gasteiger partial charge in [-0.3, -0.25) is 4.79 Å². The normalized spacial score (nSPS) is 9.86. The lowest BCUT2D eigenvalue weighted by molar-refractivity contribution is -0.123. The van der Waals surface area contributed by atoms with Crippen molar-refractivity contribution in [2.75, 3.05) is 13.2 Å². The summed E-state index contributed by atoms with van der Waals surface area (Å²) in [4.78, 5) is 10.6. The van der Waals surface area contributed by atoms with Crippen LogP contribution in [0.4, 0.5) is 4.39 Å². The highest BCUT2D eigenvalue weighted by molar-refractivity contribution is 5.76. The third-order valence-electron chi connectivity index (χ3n) is 1.79. The topological polar surface area (TPSA) is 49.3 Å². The summed E-state index contributed by atoms with van der Waals surface area (Å²) in [7, 11) is 0. The van der Waals surface area contributed by atoms with Gasteiger partial charge in [0, 0.05) is 6.54 Å². The molecule has 1 amide bonds. The quantitative estimate of drug-likeness (QED) is 0.737. The van der Waals surface area contributed by atoms with Crippen LogP contribution in [0.5, 0.6) is 0 Å². The van der Waals surface area contributed by atoms with Gasteiger partial charge in [-0.1, -0.05) is 12.1 Å². The van der Waals surface area contributed by atoms with Crippen LogP contribution < -0.4 is 5.32 Å². The maximum Gasteiger partial charge on any atom is 0.245 e. The largest absolute Gasteiger partial charge is 0.387 e. The molecule has 0 saturated carbocycles. The van der Waals surface area contributed by atoms with E-state index < -0.39 is 12.5 Å². The van der Waals surface area contributed by atoms with Crippen LogP contribution in [0, 0.1) is 5.82 Å². The number of halogens is 1. The summed E-state index contributed by atoms with van der Waals surface area (Å²) in [6.07, 6.45) is 0.631. The van der Waals surface area contributed by atoms with Crippen molar-refractivity contribution in [3.63, 3.8) is 0 Å². The molecule has 1 aromatic rings. The summed E-state index contributed by atoms with van der Waals surface area (Å²) in [5, 5.41) is 10.9. The van der Waals surface area contributed by atoms with E-state index in [9.17, 15) is 9.18 Å². The molecule has 0 radical (unpaired) electrons. The Morgan fingerprint density at radius 2 is 2.00 bits per heavy atom. The molecule has 0 aliphatic heterocycles. The lowest BCUT2D eigenvalue weighted by Gasteiger charge is -2.02. The first-order valence-electron chi connectivity index (χ1n) is 4.34. The maximum absolute atomic E-state index is 12.5. The Bertz CT molecular complexity index is 297. The molecule has 0 aliphatic rings. The van der Waals surface area contributed by atoms with Crippen LogP contribution in [0.1, 0.15) is 5.56 Å². The van der Waals surface area contributed by atoms with Crippen LogP contribution in [-0.2, 0) is 11.2 Å². The molecular weight excluding hydrogens is 185 g/mol. The predicted octanol–water partition coefficient (Wildman–Crippen LogP) is 0.477. The number of carbonyl (C=O) groups is 1. The average Bonchev–Trinajstić information content (AvgIpc) is 2.21. The van der Waals surface area contributed by atoms with Crippen LogP contribution in [-0.4, -0.2) is 24.2 Å². The number of amides is 1. The van der Waals surface area contributed by atoms with E-state index in [2.05, 4.69) is 5.32 Å². The minimum Gasteiger partial charge on any atom is -0.387 e. The van der Waals surface area contributed by atoms with Crippen molar-refractivity contribution in [2.45, 2.75) is 6.42 Å². The van der Waals surface area contributed by atoms with E-state index in [1.165, 1.54) is 12.1 Å². The Morgan fingerprint density at radius 1 is 1.36 bits per heavy atom. The number of aliphatic hydroxyl groups excluding tert-OH is 1. The zero-order chi connectivity index (χ0) is 10.4. The van der Waals surface area contributed by atoms with Gasteiger partial charge in [-0.25, -0.2) is 4.39 Å². The van der Waals surface area contributed by atoms with E-state index in [1.807, 2.05) is 0 Å². The number of rotatable bonds is 4. The minimum absolute atomic E-state index is 0.270. The fourth-order valence-corrected chi connectivity index (χ4v) is 1.05. The van der Waals surface area contributed by atoms with Gasteiger partial charge in [0.2, 0.25) is 5.91 Å². The van der Waals surface area contributed by atoms with Gasteiger partial charge >= 0.3 is 0 Å². The van der Waals surface area contributed by atoms with Crippen molar-refractivity contribution in [3.8, 4) is 0 Å². The Balaban J connectivity index is 2.31. The molecule has 1 aromatic carbocycles. The molecular formula is C10H12FNO2. The molecule has 1 rings (SSSR count). The smallest absolute Gasteiger partial charge is 0.245 e. The standard InChI is InChI=1S/C10H12FNO2/c11-9-3-1-8(2-4-9)5-6-12-10(14)7-13/h1-4,13H,5-7H2,(H,12,14). The molecule has 0 aromatic heterocycles. The third-order valence-corrected chi connectivity index (χ3v) is 1.79. The molecule has 4 heteroatoms. The molecule has 0 atom stereocenters. The van der Waals surface area contributed by atoms with Crippen LogP contribution in [0.3, 0.4) is 0 Å². The number of carbonyl (C=O) groups excluding carboxylic acids is 1. The fourth-order valence-electron chi connectivity index (χ4n) is 1.05. The first-order valence-corrected chi connectivity index (χ1v) is 4.34. The molecule has 0 saturated heterocycles. The Kier molecular flexibility index (Phi) is 4.07. The molecule has 76 valence electrons. The highest BCUT2D eigenvalue weighted by atomic mass is 19.1. The zero-order valence-corrected chi connectivity index (χ0v) is 7.66. The first-order chi connectivity index (χ1) is 6.72. The van der Waals surface area contributed by atoms with Crippen molar-refractivity contribution in [1.82, 2.24) is 5.32 Å². The number of benzene rings is 1. The van der Waals surface area contributed by atoms with Crippen molar-refractivity contribution in [2.24, 2.45) is 0 Å². The second-order valence-corrected chi connectivity index (χ2v) is 2.88. The van der Waals surface area contributed by atoms with Crippen molar-refractivity contribution >= 4 is 5.91 Å². The van der Waals surface area contributed by atoms with Gasteiger partial charge in [0.15, 0.2) is 0 Å². The average molecular weight is 197 g/mol. The maximum atomic E-state index is 12.5. The van der Waals surface area contributed by atoms with Crippen LogP contribution >= 0.6 is 0 Å². The molecule has 0 heterocycles. The van der Waals surface area contributed by atoms with Gasteiger partial charge in [0.25, 0.3) is 0 Å². The van der Waals surface area contributed by atoms with Gasteiger partial charge < -0.3 is 10.4 Å². The van der Waals surface area contributed by atoms with Gasteiger partial charge in [0.05, 0.1) is 0 Å². The highest BCUT2D eigenvalue weighted by Crippen LogP contribution is 2.02.